The number of carbonyl (C=O) groups is 1. The first-order valence-electron chi connectivity index (χ1n) is 16.4. The first-order valence-corrected chi connectivity index (χ1v) is 17.1. The molecule has 4 aromatic rings. The van der Waals surface area contributed by atoms with E-state index in [0.29, 0.717) is 63.5 Å². The van der Waals surface area contributed by atoms with Crippen molar-refractivity contribution in [2.24, 2.45) is 17.8 Å². The van der Waals surface area contributed by atoms with Crippen molar-refractivity contribution in [3.63, 3.8) is 0 Å². The SMILES string of the molecule is Cc1nc2c(F)c(-c3cccc(Cl)c3Cl)c(CCC#N)cc2c2c1cc([C@H]1[C@H]3CC[C@H](C3)N1C(=O)C1CC1)n2C1C2CNC1C2. The molecule has 45 heavy (non-hydrogen) atoms. The van der Waals surface area contributed by atoms with Crippen molar-refractivity contribution >= 4 is 50.9 Å². The van der Waals surface area contributed by atoms with Gasteiger partial charge in [-0.2, -0.15) is 5.26 Å². The van der Waals surface area contributed by atoms with Crippen molar-refractivity contribution in [2.45, 2.75) is 82.5 Å². The minimum atomic E-state index is -0.441. The number of piperidine rings is 1. The van der Waals surface area contributed by atoms with Crippen LogP contribution < -0.4 is 5.32 Å². The van der Waals surface area contributed by atoms with E-state index in [1.54, 1.807) is 18.2 Å². The van der Waals surface area contributed by atoms with Crippen molar-refractivity contribution in [1.82, 2.24) is 19.8 Å². The number of nitriles is 1. The van der Waals surface area contributed by atoms with Crippen LogP contribution in [-0.2, 0) is 11.2 Å². The normalized spacial score (nSPS) is 28.3. The van der Waals surface area contributed by atoms with Crippen molar-refractivity contribution in [3.8, 4) is 17.2 Å². The van der Waals surface area contributed by atoms with Crippen molar-refractivity contribution < 1.29 is 9.18 Å². The molecular weight excluding hydrogens is 608 g/mol. The molecule has 6 nitrogen and oxygen atoms in total. The Hall–Kier alpha value is -3.18. The van der Waals surface area contributed by atoms with Gasteiger partial charge in [-0.1, -0.05) is 35.3 Å². The summed E-state index contributed by atoms with van der Waals surface area (Å²) in [6, 6.07) is 12.7. The summed E-state index contributed by atoms with van der Waals surface area (Å²) in [4.78, 5) is 21.0. The van der Waals surface area contributed by atoms with Gasteiger partial charge in [0.25, 0.3) is 0 Å². The molecule has 2 aromatic heterocycles. The zero-order chi connectivity index (χ0) is 30.7. The number of nitrogens with one attached hydrogen (secondary N) is 1. The van der Waals surface area contributed by atoms with Gasteiger partial charge in [0.2, 0.25) is 5.91 Å². The van der Waals surface area contributed by atoms with Gasteiger partial charge in [0.05, 0.1) is 33.7 Å². The minimum Gasteiger partial charge on any atom is -0.337 e. The third-order valence-electron chi connectivity index (χ3n) is 11.5. The number of amides is 1. The van der Waals surface area contributed by atoms with Gasteiger partial charge in [-0.15, -0.1) is 0 Å². The van der Waals surface area contributed by atoms with Crippen molar-refractivity contribution in [3.05, 3.63) is 63.1 Å². The molecule has 0 spiro atoms. The van der Waals surface area contributed by atoms with E-state index in [1.807, 2.05) is 13.0 Å². The second-order valence-corrected chi connectivity index (χ2v) is 14.8. The highest BCUT2D eigenvalue weighted by Gasteiger charge is 2.55. The molecule has 1 N–H and O–H groups in total. The first-order chi connectivity index (χ1) is 21.9. The highest BCUT2D eigenvalue weighted by Crippen LogP contribution is 2.56. The summed E-state index contributed by atoms with van der Waals surface area (Å²) < 4.78 is 19.5. The van der Waals surface area contributed by atoms with Crippen molar-refractivity contribution in [1.29, 1.82) is 5.26 Å². The van der Waals surface area contributed by atoms with E-state index in [9.17, 15) is 10.1 Å². The summed E-state index contributed by atoms with van der Waals surface area (Å²) in [7, 11) is 0. The Morgan fingerprint density at radius 3 is 2.71 bits per heavy atom. The molecule has 6 atom stereocenters. The molecule has 9 heteroatoms. The molecule has 6 fully saturated rings. The number of halogens is 3. The molecule has 0 radical (unpaired) electrons. The fourth-order valence-electron chi connectivity index (χ4n) is 9.30. The van der Waals surface area contributed by atoms with Crippen LogP contribution in [0.3, 0.4) is 0 Å². The molecule has 5 heterocycles. The van der Waals surface area contributed by atoms with Crippen LogP contribution in [0.1, 0.15) is 74.0 Å². The molecule has 3 aliphatic heterocycles. The lowest BCUT2D eigenvalue weighted by molar-refractivity contribution is -0.137. The molecule has 3 aliphatic carbocycles. The van der Waals surface area contributed by atoms with Crippen LogP contribution in [0.4, 0.5) is 4.39 Å². The Bertz CT molecular complexity index is 1960. The van der Waals surface area contributed by atoms with E-state index < -0.39 is 5.82 Å². The monoisotopic (exact) mass is 641 g/mol. The van der Waals surface area contributed by atoms with Crippen LogP contribution in [-0.4, -0.2) is 39.0 Å². The maximum absolute atomic E-state index is 17.0. The average Bonchev–Trinajstić information content (AvgIpc) is 3.46. The lowest BCUT2D eigenvalue weighted by Crippen LogP contribution is -2.44. The zero-order valence-electron chi connectivity index (χ0n) is 25.1. The Balaban J connectivity index is 1.33. The van der Waals surface area contributed by atoms with Gasteiger partial charge in [0.1, 0.15) is 5.52 Å². The summed E-state index contributed by atoms with van der Waals surface area (Å²) >= 11 is 13.1. The Morgan fingerprint density at radius 2 is 1.98 bits per heavy atom. The van der Waals surface area contributed by atoms with Gasteiger partial charge < -0.3 is 14.8 Å². The molecule has 230 valence electrons. The number of likely N-dealkylation sites (tertiary alicyclic amines) is 1. The topological polar surface area (TPSA) is 74.0 Å². The highest BCUT2D eigenvalue weighted by atomic mass is 35.5. The number of benzene rings is 2. The van der Waals surface area contributed by atoms with Gasteiger partial charge >= 0.3 is 0 Å². The van der Waals surface area contributed by atoms with Crippen LogP contribution in [0.5, 0.6) is 0 Å². The largest absolute Gasteiger partial charge is 0.337 e. The summed E-state index contributed by atoms with van der Waals surface area (Å²) in [5, 5.41) is 15.7. The number of carbonyl (C=O) groups excluding carboxylic acids is 1. The second kappa shape index (κ2) is 10.2. The standard InChI is InChI=1S/C36H34Cl2FN5O/c1-17-24-15-28(34-20-9-10-22(12-20)43(34)36(45)18-7-8-18)44(33-21-14-27(33)41-16-21)35(24)25-13-19(4-3-11-40)29(31(39)32(25)42-17)23-5-2-6-26(37)30(23)38/h2,5-6,13,15,18,20-22,27,33-34,41H,3-4,7-10,12,14,16H2,1H3/t20-,21?,22+,27?,33?,34+/m0/s1. The van der Waals surface area contributed by atoms with Gasteiger partial charge in [-0.25, -0.2) is 9.37 Å². The number of hydrogen-bond acceptors (Lipinski definition) is 4. The summed E-state index contributed by atoms with van der Waals surface area (Å²) in [6.45, 7) is 2.93. The third-order valence-corrected chi connectivity index (χ3v) is 12.3. The van der Waals surface area contributed by atoms with Crippen LogP contribution in [0.2, 0.25) is 10.0 Å². The summed E-state index contributed by atoms with van der Waals surface area (Å²) in [5.41, 5.74) is 4.83. The number of rotatable bonds is 6. The molecule has 3 saturated carbocycles. The number of aromatic nitrogens is 2. The van der Waals surface area contributed by atoms with E-state index in [2.05, 4.69) is 26.9 Å². The maximum atomic E-state index is 17.0. The molecule has 10 rings (SSSR count). The summed E-state index contributed by atoms with van der Waals surface area (Å²) in [6.07, 6.45) is 7.02. The highest BCUT2D eigenvalue weighted by molar-refractivity contribution is 6.43. The van der Waals surface area contributed by atoms with E-state index in [4.69, 9.17) is 28.2 Å². The number of nitrogens with zero attached hydrogens (tertiary/aromatic N) is 4. The minimum absolute atomic E-state index is 0.0335. The Labute approximate surface area is 271 Å². The van der Waals surface area contributed by atoms with E-state index in [0.717, 1.165) is 67.1 Å². The lowest BCUT2D eigenvalue weighted by atomic mass is 9.79. The van der Waals surface area contributed by atoms with Gasteiger partial charge in [0, 0.05) is 64.3 Å². The van der Waals surface area contributed by atoms with Crippen LogP contribution in [0, 0.1) is 41.8 Å². The second-order valence-electron chi connectivity index (χ2n) is 14.0. The average molecular weight is 643 g/mol. The van der Waals surface area contributed by atoms with Crippen molar-refractivity contribution in [2.75, 3.05) is 6.54 Å². The van der Waals surface area contributed by atoms with Crippen LogP contribution in [0.15, 0.2) is 30.3 Å². The number of hydrogen-bond donors (Lipinski definition) is 1. The van der Waals surface area contributed by atoms with Gasteiger partial charge in [-0.05, 0) is 87.5 Å². The molecule has 3 unspecified atom stereocenters. The van der Waals surface area contributed by atoms with Gasteiger partial charge in [-0.3, -0.25) is 4.79 Å². The molecule has 6 aliphatic rings. The third kappa shape index (κ3) is 4.01. The number of aryl methyl sites for hydroxylation is 2. The van der Waals surface area contributed by atoms with E-state index in [1.165, 1.54) is 5.69 Å². The first kappa shape index (κ1) is 28.1. The molecule has 2 aromatic carbocycles. The molecule has 1 amide bonds. The van der Waals surface area contributed by atoms with Crippen LogP contribution in [0.25, 0.3) is 32.9 Å². The fourth-order valence-corrected chi connectivity index (χ4v) is 9.69. The van der Waals surface area contributed by atoms with Gasteiger partial charge in [0.15, 0.2) is 5.82 Å². The lowest BCUT2D eigenvalue weighted by Gasteiger charge is -2.42. The Kier molecular flexibility index (Phi) is 6.34. The Morgan fingerprint density at radius 1 is 1.13 bits per heavy atom. The summed E-state index contributed by atoms with van der Waals surface area (Å²) in [5.74, 6) is 0.983. The van der Waals surface area contributed by atoms with Crippen LogP contribution >= 0.6 is 23.2 Å². The predicted molar refractivity (Wildman–Crippen MR) is 174 cm³/mol. The fraction of sp³-hybridized carbons (Fsp3) is 0.472. The number of pyridine rings is 1. The molecular formula is C36H34Cl2FN5O. The van der Waals surface area contributed by atoms with E-state index >= 15 is 4.39 Å². The quantitative estimate of drug-likeness (QED) is 0.231. The van der Waals surface area contributed by atoms with E-state index in [-0.39, 0.29) is 29.4 Å². The molecule has 3 saturated heterocycles. The number of fused-ring (bicyclic) bond motifs is 6. The zero-order valence-corrected chi connectivity index (χ0v) is 26.6. The molecule has 4 bridgehead atoms. The maximum Gasteiger partial charge on any atom is 0.226 e. The smallest absolute Gasteiger partial charge is 0.226 e. The predicted octanol–water partition coefficient (Wildman–Crippen LogP) is 8.06.